The molecule has 1 amide bonds. The van der Waals surface area contributed by atoms with Crippen molar-refractivity contribution in [2.24, 2.45) is 5.10 Å². The van der Waals surface area contributed by atoms with Gasteiger partial charge in [0.15, 0.2) is 4.38 Å². The lowest BCUT2D eigenvalue weighted by Gasteiger charge is -2.42. The van der Waals surface area contributed by atoms with Crippen LogP contribution in [0.2, 0.25) is 0 Å². The van der Waals surface area contributed by atoms with E-state index in [1.165, 1.54) is 0 Å². The van der Waals surface area contributed by atoms with Crippen LogP contribution >= 0.6 is 23.5 Å². The summed E-state index contributed by atoms with van der Waals surface area (Å²) >= 11 is 3.14. The molecule has 8 heteroatoms. The van der Waals surface area contributed by atoms with Gasteiger partial charge in [0, 0.05) is 83.4 Å². The van der Waals surface area contributed by atoms with Crippen molar-refractivity contribution in [3.63, 3.8) is 0 Å². The van der Waals surface area contributed by atoms with E-state index in [0.717, 1.165) is 70.1 Å². The molecule has 5 rings (SSSR count). The van der Waals surface area contributed by atoms with E-state index in [4.69, 9.17) is 9.84 Å². The van der Waals surface area contributed by atoms with Gasteiger partial charge in [-0.2, -0.15) is 5.10 Å². The number of hydrazone groups is 1. The van der Waals surface area contributed by atoms with Gasteiger partial charge in [-0.05, 0) is 45.9 Å². The summed E-state index contributed by atoms with van der Waals surface area (Å²) in [5, 5.41) is 6.86. The van der Waals surface area contributed by atoms with Crippen LogP contribution in [0, 0.1) is 0 Å². The molecule has 0 aliphatic carbocycles. The number of benzene rings is 3. The molecule has 2 heterocycles. The van der Waals surface area contributed by atoms with Crippen molar-refractivity contribution in [2.45, 2.75) is 33.2 Å². The van der Waals surface area contributed by atoms with E-state index in [9.17, 15) is 4.79 Å². The Labute approximate surface area is 264 Å². The summed E-state index contributed by atoms with van der Waals surface area (Å²) in [7, 11) is 0. The summed E-state index contributed by atoms with van der Waals surface area (Å²) in [4.78, 5) is 19.0. The average molecular weight is 613 g/mol. The fraction of sp³-hybridized carbons (Fsp3) is 0.314. The highest BCUT2D eigenvalue weighted by atomic mass is 32.2. The lowest BCUT2D eigenvalue weighted by molar-refractivity contribution is 0.0675. The molecular formula is C35H40N4O2S2. The Kier molecular flexibility index (Phi) is 9.57. The molecule has 6 nitrogen and oxygen atoms in total. The molecule has 0 fully saturated rings. The minimum absolute atomic E-state index is 0.133. The minimum Gasteiger partial charge on any atom is -0.456 e. The van der Waals surface area contributed by atoms with Gasteiger partial charge in [-0.1, -0.05) is 66.0 Å². The van der Waals surface area contributed by atoms with Crippen molar-refractivity contribution < 1.29 is 9.53 Å². The van der Waals surface area contributed by atoms with E-state index in [0.29, 0.717) is 17.1 Å². The first-order valence-electron chi connectivity index (χ1n) is 14.9. The Hall–Kier alpha value is -3.62. The molecule has 2 aliphatic rings. The zero-order valence-electron chi connectivity index (χ0n) is 25.5. The number of carbonyl (C=O) groups is 1. The molecule has 1 spiro atoms. The summed E-state index contributed by atoms with van der Waals surface area (Å²) in [6, 6.07) is 20.6. The molecular weight excluding hydrogens is 573 g/mol. The van der Waals surface area contributed by atoms with Gasteiger partial charge in [-0.3, -0.25) is 4.79 Å². The number of amides is 1. The molecule has 43 heavy (non-hydrogen) atoms. The van der Waals surface area contributed by atoms with Gasteiger partial charge in [0.1, 0.15) is 17.0 Å². The molecule has 0 bridgehead atoms. The number of carbonyl (C=O) groups excluding carboxylic acids is 1. The molecule has 0 unspecified atom stereocenters. The molecule has 224 valence electrons. The fourth-order valence-corrected chi connectivity index (χ4v) is 7.61. The van der Waals surface area contributed by atoms with Crippen LogP contribution in [0.1, 0.15) is 54.7 Å². The zero-order chi connectivity index (χ0) is 30.6. The highest BCUT2D eigenvalue weighted by Gasteiger charge is 2.57. The molecule has 3 aromatic carbocycles. The SMILES string of the molecule is C=CCSC(=NN1C(=O)c2ccccc2C12c1ccc(N(CC)CC)cc1Oc1cc(N(CC)CC)ccc12)SCC=C. The van der Waals surface area contributed by atoms with Crippen LogP contribution in [-0.4, -0.2) is 53.0 Å². The molecule has 2 aliphatic heterocycles. The molecule has 0 saturated heterocycles. The van der Waals surface area contributed by atoms with E-state index >= 15 is 0 Å². The number of thioether (sulfide) groups is 2. The number of fused-ring (bicyclic) bond motifs is 6. The number of nitrogens with zero attached hydrogens (tertiary/aromatic N) is 4. The smallest absolute Gasteiger partial charge is 0.275 e. The summed E-state index contributed by atoms with van der Waals surface area (Å²) < 4.78 is 7.57. The third kappa shape index (κ3) is 5.36. The van der Waals surface area contributed by atoms with Crippen molar-refractivity contribution in [2.75, 3.05) is 47.5 Å². The lowest BCUT2D eigenvalue weighted by Crippen LogP contribution is -2.44. The van der Waals surface area contributed by atoms with E-state index in [2.05, 4.69) is 93.1 Å². The summed E-state index contributed by atoms with van der Waals surface area (Å²) in [5.41, 5.74) is 4.51. The molecule has 0 saturated carbocycles. The monoisotopic (exact) mass is 612 g/mol. The number of hydrogen-bond acceptors (Lipinski definition) is 7. The highest BCUT2D eigenvalue weighted by molar-refractivity contribution is 8.39. The first-order chi connectivity index (χ1) is 21.0. The van der Waals surface area contributed by atoms with E-state index in [1.54, 1.807) is 28.5 Å². The second kappa shape index (κ2) is 13.3. The highest BCUT2D eigenvalue weighted by Crippen LogP contribution is 2.58. The van der Waals surface area contributed by atoms with Crippen LogP contribution in [0.25, 0.3) is 0 Å². The quantitative estimate of drug-likeness (QED) is 0.123. The zero-order valence-corrected chi connectivity index (χ0v) is 27.1. The second-order valence-corrected chi connectivity index (χ2v) is 12.5. The molecule has 3 aromatic rings. The second-order valence-electron chi connectivity index (χ2n) is 10.2. The van der Waals surface area contributed by atoms with Crippen molar-refractivity contribution in [1.29, 1.82) is 0 Å². The van der Waals surface area contributed by atoms with Gasteiger partial charge in [0.2, 0.25) is 0 Å². The number of anilines is 2. The predicted molar refractivity (Wildman–Crippen MR) is 185 cm³/mol. The Bertz CT molecular complexity index is 1470. The molecule has 0 radical (unpaired) electrons. The third-order valence-electron chi connectivity index (χ3n) is 8.08. The van der Waals surface area contributed by atoms with E-state index < -0.39 is 5.54 Å². The lowest BCUT2D eigenvalue weighted by atomic mass is 9.75. The Morgan fingerprint density at radius 2 is 1.33 bits per heavy atom. The average Bonchev–Trinajstić information content (AvgIpc) is 3.27. The van der Waals surface area contributed by atoms with Crippen LogP contribution in [0.5, 0.6) is 11.5 Å². The van der Waals surface area contributed by atoms with Gasteiger partial charge in [-0.25, -0.2) is 5.01 Å². The van der Waals surface area contributed by atoms with Crippen molar-refractivity contribution in [3.05, 3.63) is 108 Å². The van der Waals surface area contributed by atoms with Gasteiger partial charge in [0.25, 0.3) is 5.91 Å². The van der Waals surface area contributed by atoms with Gasteiger partial charge < -0.3 is 14.5 Å². The van der Waals surface area contributed by atoms with Crippen LogP contribution in [0.15, 0.2) is 91.1 Å². The number of hydrogen-bond donors (Lipinski definition) is 0. The maximum Gasteiger partial charge on any atom is 0.275 e. The topological polar surface area (TPSA) is 48.4 Å². The van der Waals surface area contributed by atoms with Crippen LogP contribution < -0.4 is 14.5 Å². The first kappa shape index (κ1) is 30.8. The normalized spacial score (nSPS) is 14.0. The first-order valence-corrected chi connectivity index (χ1v) is 16.9. The van der Waals surface area contributed by atoms with Gasteiger partial charge in [0.05, 0.1) is 0 Å². The Morgan fingerprint density at radius 3 is 1.81 bits per heavy atom. The minimum atomic E-state index is -1.01. The van der Waals surface area contributed by atoms with E-state index in [-0.39, 0.29) is 5.91 Å². The van der Waals surface area contributed by atoms with Gasteiger partial charge in [-0.15, -0.1) is 13.2 Å². The van der Waals surface area contributed by atoms with Crippen LogP contribution in [0.3, 0.4) is 0 Å². The Morgan fingerprint density at radius 1 is 0.814 bits per heavy atom. The molecule has 0 aromatic heterocycles. The standard InChI is InChI=1S/C35H40N4O2S2/c1-7-21-42-34(43-22-8-2)36-39-33(40)27-15-13-14-16-28(27)35(39)29-19-17-25(37(9-3)10-4)23-31(29)41-32-24-26(18-20-30(32)35)38(11-5)12-6/h7-8,13-20,23-24H,1-2,9-12,21-22H2,3-6H3. The van der Waals surface area contributed by atoms with Crippen molar-refractivity contribution >= 4 is 45.2 Å². The summed E-state index contributed by atoms with van der Waals surface area (Å²) in [5.74, 6) is 2.70. The van der Waals surface area contributed by atoms with Gasteiger partial charge >= 0.3 is 0 Å². The summed E-state index contributed by atoms with van der Waals surface area (Å²) in [6.45, 7) is 19.9. The number of rotatable bonds is 11. The van der Waals surface area contributed by atoms with Crippen molar-refractivity contribution in [1.82, 2.24) is 5.01 Å². The fourth-order valence-electron chi connectivity index (χ4n) is 6.07. The maximum absolute atomic E-state index is 14.4. The maximum atomic E-state index is 14.4. The predicted octanol–water partition coefficient (Wildman–Crippen LogP) is 8.34. The van der Waals surface area contributed by atoms with Crippen LogP contribution in [0.4, 0.5) is 11.4 Å². The largest absolute Gasteiger partial charge is 0.456 e. The van der Waals surface area contributed by atoms with E-state index in [1.807, 2.05) is 30.4 Å². The third-order valence-corrected chi connectivity index (χ3v) is 10.2. The molecule has 0 N–H and O–H groups in total. The van der Waals surface area contributed by atoms with Crippen molar-refractivity contribution in [3.8, 4) is 11.5 Å². The summed E-state index contributed by atoms with van der Waals surface area (Å²) in [6.07, 6.45) is 3.71. The number of ether oxygens (including phenoxy) is 1. The van der Waals surface area contributed by atoms with Crippen LogP contribution in [-0.2, 0) is 5.54 Å². The Balaban J connectivity index is 1.83. The molecule has 0 atom stereocenters.